The van der Waals surface area contributed by atoms with Crippen LogP contribution < -0.4 is 5.32 Å². The van der Waals surface area contributed by atoms with Gasteiger partial charge in [0.2, 0.25) is 0 Å². The van der Waals surface area contributed by atoms with Gasteiger partial charge >= 0.3 is 0 Å². The summed E-state index contributed by atoms with van der Waals surface area (Å²) in [6, 6.07) is 9.70. The van der Waals surface area contributed by atoms with Crippen LogP contribution in [0, 0.1) is 5.92 Å². The van der Waals surface area contributed by atoms with Crippen LogP contribution in [0.2, 0.25) is 0 Å². The minimum Gasteiger partial charge on any atom is -0.357 e. The van der Waals surface area contributed by atoms with Crippen molar-refractivity contribution in [3.63, 3.8) is 0 Å². The van der Waals surface area contributed by atoms with E-state index >= 15 is 0 Å². The van der Waals surface area contributed by atoms with E-state index in [9.17, 15) is 0 Å². The first-order valence-corrected chi connectivity index (χ1v) is 9.32. The molecule has 0 spiro atoms. The Kier molecular flexibility index (Phi) is 4.30. The van der Waals surface area contributed by atoms with Crippen molar-refractivity contribution < 1.29 is 0 Å². The topological polar surface area (TPSA) is 18.5 Å². The molecular weight excluding hydrogens is 282 g/mol. The van der Waals surface area contributed by atoms with E-state index in [1.807, 2.05) is 0 Å². The molecule has 0 radical (unpaired) electrons. The van der Waals surface area contributed by atoms with Crippen LogP contribution in [0.3, 0.4) is 0 Å². The Bertz CT molecular complexity index is 547. The average molecular weight is 311 g/mol. The molecule has 0 bridgehead atoms. The van der Waals surface area contributed by atoms with Gasteiger partial charge in [0.15, 0.2) is 0 Å². The molecule has 1 N–H and O–H groups in total. The summed E-state index contributed by atoms with van der Waals surface area (Å²) in [5.74, 6) is 2.02. The highest BCUT2D eigenvalue weighted by molar-refractivity contribution is 5.48. The summed E-state index contributed by atoms with van der Waals surface area (Å²) < 4.78 is 0. The Labute approximate surface area is 140 Å². The second-order valence-electron chi connectivity index (χ2n) is 7.55. The van der Waals surface area contributed by atoms with Crippen molar-refractivity contribution >= 4 is 5.69 Å². The number of hydrogen-bond acceptors (Lipinski definition) is 3. The molecule has 3 fully saturated rings. The standard InChI is InChI=1S/C20H29N3/c1-16(23-13-3-12-22-11-2-4-20(22)15-23)21-19-9-7-18(8-10-19)14-17-5-6-17/h7-10,17,20-21H,1-6,11-15H2. The van der Waals surface area contributed by atoms with E-state index in [1.54, 1.807) is 0 Å². The molecule has 3 aliphatic rings. The van der Waals surface area contributed by atoms with Crippen molar-refractivity contribution in [1.82, 2.24) is 9.80 Å². The number of hydrogen-bond donors (Lipinski definition) is 1. The van der Waals surface area contributed by atoms with Gasteiger partial charge in [-0.1, -0.05) is 18.7 Å². The molecule has 1 aromatic rings. The number of nitrogens with one attached hydrogen (secondary N) is 1. The quantitative estimate of drug-likeness (QED) is 0.894. The molecule has 1 aliphatic carbocycles. The number of rotatable bonds is 5. The smallest absolute Gasteiger partial charge is 0.0984 e. The summed E-state index contributed by atoms with van der Waals surface area (Å²) in [6.07, 6.45) is 8.05. The molecular formula is C20H29N3. The van der Waals surface area contributed by atoms with E-state index < -0.39 is 0 Å². The van der Waals surface area contributed by atoms with Crippen LogP contribution in [0.5, 0.6) is 0 Å². The first kappa shape index (κ1) is 15.1. The third kappa shape index (κ3) is 3.72. The molecule has 2 aliphatic heterocycles. The highest BCUT2D eigenvalue weighted by atomic mass is 15.3. The Morgan fingerprint density at radius 3 is 2.61 bits per heavy atom. The van der Waals surface area contributed by atoms with Crippen molar-refractivity contribution in [2.24, 2.45) is 5.92 Å². The Hall–Kier alpha value is -1.48. The molecule has 1 atom stereocenters. The van der Waals surface area contributed by atoms with Crippen molar-refractivity contribution in [3.05, 3.63) is 42.2 Å². The van der Waals surface area contributed by atoms with Crippen LogP contribution in [-0.2, 0) is 6.42 Å². The fourth-order valence-corrected chi connectivity index (χ4v) is 4.08. The lowest BCUT2D eigenvalue weighted by molar-refractivity contribution is 0.244. The highest BCUT2D eigenvalue weighted by Crippen LogP contribution is 2.32. The van der Waals surface area contributed by atoms with Gasteiger partial charge in [-0.2, -0.15) is 0 Å². The minimum atomic E-state index is 0.733. The van der Waals surface area contributed by atoms with Crippen LogP contribution in [-0.4, -0.2) is 42.0 Å². The minimum absolute atomic E-state index is 0.733. The highest BCUT2D eigenvalue weighted by Gasteiger charge is 2.29. The lowest BCUT2D eigenvalue weighted by Crippen LogP contribution is -2.37. The zero-order chi connectivity index (χ0) is 15.6. The third-order valence-corrected chi connectivity index (χ3v) is 5.65. The zero-order valence-electron chi connectivity index (χ0n) is 14.1. The summed E-state index contributed by atoms with van der Waals surface area (Å²) >= 11 is 0. The fraction of sp³-hybridized carbons (Fsp3) is 0.600. The van der Waals surface area contributed by atoms with E-state index in [-0.39, 0.29) is 0 Å². The van der Waals surface area contributed by atoms with E-state index in [1.165, 1.54) is 62.9 Å². The summed E-state index contributed by atoms with van der Waals surface area (Å²) in [7, 11) is 0. The van der Waals surface area contributed by atoms with Crippen LogP contribution in [0.4, 0.5) is 5.69 Å². The van der Waals surface area contributed by atoms with E-state index in [4.69, 9.17) is 0 Å². The van der Waals surface area contributed by atoms with E-state index in [2.05, 4.69) is 46.0 Å². The number of anilines is 1. The molecule has 2 heterocycles. The summed E-state index contributed by atoms with van der Waals surface area (Å²) in [4.78, 5) is 5.12. The van der Waals surface area contributed by atoms with Gasteiger partial charge in [0.1, 0.15) is 0 Å². The predicted octanol–water partition coefficient (Wildman–Crippen LogP) is 3.69. The van der Waals surface area contributed by atoms with Crippen molar-refractivity contribution in [1.29, 1.82) is 0 Å². The summed E-state index contributed by atoms with van der Waals surface area (Å²) in [5.41, 5.74) is 2.64. The number of nitrogens with zero attached hydrogens (tertiary/aromatic N) is 2. The first-order valence-electron chi connectivity index (χ1n) is 9.32. The molecule has 3 nitrogen and oxygen atoms in total. The molecule has 0 amide bonds. The van der Waals surface area contributed by atoms with E-state index in [0.29, 0.717) is 0 Å². The predicted molar refractivity (Wildman–Crippen MR) is 96.4 cm³/mol. The molecule has 4 rings (SSSR count). The molecule has 0 aromatic heterocycles. The van der Waals surface area contributed by atoms with Gasteiger partial charge in [0, 0.05) is 31.4 Å². The summed E-state index contributed by atoms with van der Waals surface area (Å²) in [6.45, 7) is 9.11. The van der Waals surface area contributed by atoms with Gasteiger partial charge in [-0.25, -0.2) is 0 Å². The molecule has 1 saturated carbocycles. The van der Waals surface area contributed by atoms with Gasteiger partial charge in [-0.3, -0.25) is 4.90 Å². The molecule has 1 aromatic carbocycles. The monoisotopic (exact) mass is 311 g/mol. The second kappa shape index (κ2) is 6.56. The number of benzene rings is 1. The van der Waals surface area contributed by atoms with E-state index in [0.717, 1.165) is 30.9 Å². The SMILES string of the molecule is C=C(Nc1ccc(CC2CC2)cc1)N1CCCN2CCCC2C1. The maximum Gasteiger partial charge on any atom is 0.0984 e. The lowest BCUT2D eigenvalue weighted by Gasteiger charge is -2.29. The van der Waals surface area contributed by atoms with Crippen molar-refractivity contribution in [2.75, 3.05) is 31.5 Å². The molecule has 2 saturated heterocycles. The Morgan fingerprint density at radius 1 is 1.04 bits per heavy atom. The van der Waals surface area contributed by atoms with Gasteiger partial charge in [0.05, 0.1) is 5.82 Å². The molecule has 23 heavy (non-hydrogen) atoms. The Balaban J connectivity index is 1.34. The van der Waals surface area contributed by atoms with Crippen LogP contribution in [0.15, 0.2) is 36.7 Å². The van der Waals surface area contributed by atoms with Crippen molar-refractivity contribution in [2.45, 2.75) is 44.6 Å². The van der Waals surface area contributed by atoms with Crippen LogP contribution in [0.25, 0.3) is 0 Å². The molecule has 124 valence electrons. The third-order valence-electron chi connectivity index (χ3n) is 5.65. The van der Waals surface area contributed by atoms with Gasteiger partial charge < -0.3 is 10.2 Å². The normalized spacial score (nSPS) is 25.0. The van der Waals surface area contributed by atoms with Gasteiger partial charge in [-0.15, -0.1) is 0 Å². The van der Waals surface area contributed by atoms with Gasteiger partial charge in [0.25, 0.3) is 0 Å². The largest absolute Gasteiger partial charge is 0.357 e. The first-order chi connectivity index (χ1) is 11.3. The molecule has 3 heteroatoms. The van der Waals surface area contributed by atoms with Crippen LogP contribution >= 0.6 is 0 Å². The summed E-state index contributed by atoms with van der Waals surface area (Å²) in [5, 5.41) is 3.53. The maximum absolute atomic E-state index is 4.31. The Morgan fingerprint density at radius 2 is 1.83 bits per heavy atom. The van der Waals surface area contributed by atoms with Gasteiger partial charge in [-0.05, 0) is 68.7 Å². The zero-order valence-corrected chi connectivity index (χ0v) is 14.1. The number of fused-ring (bicyclic) bond motifs is 1. The average Bonchev–Trinajstić information content (AvgIpc) is 3.31. The maximum atomic E-state index is 4.31. The molecule has 1 unspecified atom stereocenters. The van der Waals surface area contributed by atoms with Crippen LogP contribution in [0.1, 0.15) is 37.7 Å². The lowest BCUT2D eigenvalue weighted by atomic mass is 10.1. The second-order valence-corrected chi connectivity index (χ2v) is 7.55. The van der Waals surface area contributed by atoms with Crippen molar-refractivity contribution in [3.8, 4) is 0 Å². The fourth-order valence-electron chi connectivity index (χ4n) is 4.08.